The Morgan fingerprint density at radius 1 is 1.56 bits per heavy atom. The largest absolute Gasteiger partial charge is 0.393 e. The maximum Gasteiger partial charge on any atom is 0.261 e. The second kappa shape index (κ2) is 5.46. The first-order valence-electron chi connectivity index (χ1n) is 5.75. The van der Waals surface area contributed by atoms with Crippen LogP contribution in [0.5, 0.6) is 0 Å². The molecule has 1 aliphatic carbocycles. The van der Waals surface area contributed by atoms with Crippen molar-refractivity contribution in [3.05, 3.63) is 22.4 Å². The van der Waals surface area contributed by atoms with E-state index in [0.29, 0.717) is 12.5 Å². The highest BCUT2D eigenvalue weighted by Gasteiger charge is 2.20. The van der Waals surface area contributed by atoms with Crippen LogP contribution in [0.25, 0.3) is 0 Å². The Hall–Kier alpha value is -0.870. The third kappa shape index (κ3) is 3.06. The van der Waals surface area contributed by atoms with Crippen molar-refractivity contribution in [2.75, 3.05) is 6.54 Å². The van der Waals surface area contributed by atoms with Gasteiger partial charge >= 0.3 is 0 Å². The standard InChI is InChI=1S/C12H17NO2S/c14-10-4-1-3-9(7-10)8-13-12(15)11-5-2-6-16-11/h2,5-6,9-10,14H,1,3-4,7-8H2,(H,13,15). The molecule has 4 heteroatoms. The summed E-state index contributed by atoms with van der Waals surface area (Å²) in [5.74, 6) is 0.447. The van der Waals surface area contributed by atoms with E-state index in [1.165, 1.54) is 11.3 Å². The smallest absolute Gasteiger partial charge is 0.261 e. The highest BCUT2D eigenvalue weighted by Crippen LogP contribution is 2.23. The minimum Gasteiger partial charge on any atom is -0.393 e. The lowest BCUT2D eigenvalue weighted by Crippen LogP contribution is -2.32. The molecule has 0 aromatic carbocycles. The van der Waals surface area contributed by atoms with E-state index in [4.69, 9.17) is 0 Å². The van der Waals surface area contributed by atoms with Gasteiger partial charge in [-0.15, -0.1) is 11.3 Å². The molecule has 2 N–H and O–H groups in total. The third-order valence-electron chi connectivity index (χ3n) is 3.05. The van der Waals surface area contributed by atoms with Gasteiger partial charge in [0.15, 0.2) is 0 Å². The van der Waals surface area contributed by atoms with Gasteiger partial charge in [-0.1, -0.05) is 12.5 Å². The van der Waals surface area contributed by atoms with Gasteiger partial charge in [0.25, 0.3) is 5.91 Å². The van der Waals surface area contributed by atoms with E-state index in [2.05, 4.69) is 5.32 Å². The second-order valence-corrected chi connectivity index (χ2v) is 5.32. The fourth-order valence-electron chi connectivity index (χ4n) is 2.18. The lowest BCUT2D eigenvalue weighted by molar-refractivity contribution is 0.0876. The van der Waals surface area contributed by atoms with Crippen LogP contribution in [-0.4, -0.2) is 23.7 Å². The molecule has 1 aliphatic rings. The molecule has 1 heterocycles. The molecule has 1 fully saturated rings. The van der Waals surface area contributed by atoms with Crippen LogP contribution >= 0.6 is 11.3 Å². The van der Waals surface area contributed by atoms with E-state index in [1.807, 2.05) is 17.5 Å². The molecule has 0 saturated heterocycles. The Balaban J connectivity index is 1.77. The van der Waals surface area contributed by atoms with E-state index in [1.54, 1.807) is 0 Å². The van der Waals surface area contributed by atoms with Crippen LogP contribution in [0.15, 0.2) is 17.5 Å². The summed E-state index contributed by atoms with van der Waals surface area (Å²) in [4.78, 5) is 12.4. The second-order valence-electron chi connectivity index (χ2n) is 4.37. The molecule has 1 aromatic heterocycles. The highest BCUT2D eigenvalue weighted by molar-refractivity contribution is 7.12. The van der Waals surface area contributed by atoms with Crippen molar-refractivity contribution in [3.8, 4) is 0 Å². The molecule has 1 amide bonds. The Morgan fingerprint density at radius 2 is 2.44 bits per heavy atom. The minimum atomic E-state index is -0.169. The number of hydrogen-bond acceptors (Lipinski definition) is 3. The maximum atomic E-state index is 11.7. The summed E-state index contributed by atoms with van der Waals surface area (Å²) in [5, 5.41) is 14.4. The molecule has 0 aliphatic heterocycles. The number of aliphatic hydroxyl groups is 1. The summed E-state index contributed by atoms with van der Waals surface area (Å²) in [6, 6.07) is 3.71. The van der Waals surface area contributed by atoms with Crippen molar-refractivity contribution >= 4 is 17.2 Å². The average molecular weight is 239 g/mol. The van der Waals surface area contributed by atoms with Crippen LogP contribution < -0.4 is 5.32 Å². The van der Waals surface area contributed by atoms with Gasteiger partial charge in [-0.25, -0.2) is 0 Å². The minimum absolute atomic E-state index is 0.00932. The molecule has 1 aromatic rings. The van der Waals surface area contributed by atoms with Gasteiger partial charge in [-0.2, -0.15) is 0 Å². The molecular formula is C12H17NO2S. The van der Waals surface area contributed by atoms with Crippen molar-refractivity contribution in [1.29, 1.82) is 0 Å². The number of carbonyl (C=O) groups excluding carboxylic acids is 1. The third-order valence-corrected chi connectivity index (χ3v) is 3.92. The van der Waals surface area contributed by atoms with Crippen LogP contribution in [0.3, 0.4) is 0 Å². The predicted octanol–water partition coefficient (Wildman–Crippen LogP) is 2.03. The fourth-order valence-corrected chi connectivity index (χ4v) is 2.82. The van der Waals surface area contributed by atoms with E-state index in [9.17, 15) is 9.90 Å². The molecule has 2 rings (SSSR count). The highest BCUT2D eigenvalue weighted by atomic mass is 32.1. The van der Waals surface area contributed by atoms with E-state index < -0.39 is 0 Å². The first kappa shape index (κ1) is 11.6. The van der Waals surface area contributed by atoms with Gasteiger partial charge in [0.05, 0.1) is 11.0 Å². The molecule has 0 bridgehead atoms. The number of rotatable bonds is 3. The van der Waals surface area contributed by atoms with Crippen molar-refractivity contribution in [2.24, 2.45) is 5.92 Å². The van der Waals surface area contributed by atoms with Gasteiger partial charge in [0, 0.05) is 6.54 Å². The Labute approximate surface area is 99.5 Å². The lowest BCUT2D eigenvalue weighted by Gasteiger charge is -2.25. The van der Waals surface area contributed by atoms with Crippen LogP contribution in [0.1, 0.15) is 35.4 Å². The van der Waals surface area contributed by atoms with Gasteiger partial charge in [0.2, 0.25) is 0 Å². The zero-order valence-electron chi connectivity index (χ0n) is 9.19. The number of amides is 1. The Bertz CT molecular complexity index is 337. The molecular weight excluding hydrogens is 222 g/mol. The first-order chi connectivity index (χ1) is 7.75. The summed E-state index contributed by atoms with van der Waals surface area (Å²) in [5.41, 5.74) is 0. The van der Waals surface area contributed by atoms with Crippen LogP contribution in [0.2, 0.25) is 0 Å². The summed E-state index contributed by atoms with van der Waals surface area (Å²) >= 11 is 1.46. The predicted molar refractivity (Wildman–Crippen MR) is 64.6 cm³/mol. The Kier molecular flexibility index (Phi) is 3.96. The summed E-state index contributed by atoms with van der Waals surface area (Å²) in [6.07, 6.45) is 3.75. The molecule has 1 saturated carbocycles. The van der Waals surface area contributed by atoms with Crippen molar-refractivity contribution in [2.45, 2.75) is 31.8 Å². The molecule has 2 atom stereocenters. The van der Waals surface area contributed by atoms with Crippen molar-refractivity contribution in [3.63, 3.8) is 0 Å². The average Bonchev–Trinajstić information content (AvgIpc) is 2.79. The van der Waals surface area contributed by atoms with E-state index in [0.717, 1.165) is 30.6 Å². The normalized spacial score (nSPS) is 25.3. The van der Waals surface area contributed by atoms with Crippen molar-refractivity contribution < 1.29 is 9.90 Å². The van der Waals surface area contributed by atoms with Gasteiger partial charge in [0.1, 0.15) is 0 Å². The molecule has 88 valence electrons. The molecule has 2 unspecified atom stereocenters. The van der Waals surface area contributed by atoms with Crippen LogP contribution in [-0.2, 0) is 0 Å². The number of nitrogens with one attached hydrogen (secondary N) is 1. The molecule has 0 spiro atoms. The monoisotopic (exact) mass is 239 g/mol. The fraction of sp³-hybridized carbons (Fsp3) is 0.583. The van der Waals surface area contributed by atoms with E-state index in [-0.39, 0.29) is 12.0 Å². The lowest BCUT2D eigenvalue weighted by atomic mass is 9.87. The number of carbonyl (C=O) groups is 1. The van der Waals surface area contributed by atoms with Crippen LogP contribution in [0.4, 0.5) is 0 Å². The molecule has 3 nitrogen and oxygen atoms in total. The van der Waals surface area contributed by atoms with Crippen molar-refractivity contribution in [1.82, 2.24) is 5.32 Å². The molecule has 16 heavy (non-hydrogen) atoms. The summed E-state index contributed by atoms with van der Waals surface area (Å²) in [6.45, 7) is 0.688. The molecule has 0 radical (unpaired) electrons. The van der Waals surface area contributed by atoms with Gasteiger partial charge in [-0.3, -0.25) is 4.79 Å². The first-order valence-corrected chi connectivity index (χ1v) is 6.63. The number of hydrogen-bond donors (Lipinski definition) is 2. The zero-order chi connectivity index (χ0) is 11.4. The topological polar surface area (TPSA) is 49.3 Å². The van der Waals surface area contributed by atoms with Gasteiger partial charge in [-0.05, 0) is 36.6 Å². The van der Waals surface area contributed by atoms with Crippen LogP contribution in [0, 0.1) is 5.92 Å². The summed E-state index contributed by atoms with van der Waals surface area (Å²) < 4.78 is 0. The number of thiophene rings is 1. The maximum absolute atomic E-state index is 11.7. The SMILES string of the molecule is O=C(NCC1CCCC(O)C1)c1cccs1. The van der Waals surface area contributed by atoms with Gasteiger partial charge < -0.3 is 10.4 Å². The van der Waals surface area contributed by atoms with E-state index >= 15 is 0 Å². The number of aliphatic hydroxyl groups excluding tert-OH is 1. The zero-order valence-corrected chi connectivity index (χ0v) is 10.0. The quantitative estimate of drug-likeness (QED) is 0.848. The summed E-state index contributed by atoms with van der Waals surface area (Å²) in [7, 11) is 0. The Morgan fingerprint density at radius 3 is 3.12 bits per heavy atom.